The van der Waals surface area contributed by atoms with Gasteiger partial charge in [0.1, 0.15) is 5.75 Å². The number of phenolic OH excluding ortho intramolecular Hbond substituents is 1. The molecule has 0 spiro atoms. The van der Waals surface area contributed by atoms with Crippen molar-refractivity contribution >= 4 is 0 Å². The predicted molar refractivity (Wildman–Crippen MR) is 74.0 cm³/mol. The fraction of sp³-hybridized carbons (Fsp3) is 0.625. The number of benzene rings is 1. The quantitative estimate of drug-likeness (QED) is 0.855. The highest BCUT2D eigenvalue weighted by molar-refractivity contribution is 5.41. The Morgan fingerprint density at radius 2 is 1.89 bits per heavy atom. The van der Waals surface area contributed by atoms with Gasteiger partial charge in [-0.05, 0) is 42.7 Å². The van der Waals surface area contributed by atoms with Crippen LogP contribution >= 0.6 is 0 Å². The van der Waals surface area contributed by atoms with Gasteiger partial charge in [-0.3, -0.25) is 0 Å². The lowest BCUT2D eigenvalue weighted by Gasteiger charge is -2.34. The zero-order valence-electron chi connectivity index (χ0n) is 11.3. The van der Waals surface area contributed by atoms with E-state index < -0.39 is 0 Å². The Bertz CT molecular complexity index is 392. The van der Waals surface area contributed by atoms with E-state index in [0.29, 0.717) is 5.75 Å². The van der Waals surface area contributed by atoms with E-state index >= 15 is 0 Å². The summed E-state index contributed by atoms with van der Waals surface area (Å²) in [5.74, 6) is 0.437. The van der Waals surface area contributed by atoms with Gasteiger partial charge < -0.3 is 10.2 Å². The number of hydrogen-bond acceptors (Lipinski definition) is 2. The molecule has 1 aromatic carbocycles. The maximum absolute atomic E-state index is 10.1. The van der Waals surface area contributed by atoms with Gasteiger partial charge in [0.05, 0.1) is 0 Å². The Morgan fingerprint density at radius 1 is 1.17 bits per heavy atom. The summed E-state index contributed by atoms with van der Waals surface area (Å²) >= 11 is 0. The average molecular weight is 248 g/mol. The van der Waals surface area contributed by atoms with E-state index in [1.165, 1.54) is 37.7 Å². The van der Waals surface area contributed by atoms with E-state index in [9.17, 15) is 5.11 Å². The largest absolute Gasteiger partial charge is 0.508 e. The van der Waals surface area contributed by atoms with Crippen LogP contribution in [0, 0.1) is 0 Å². The molecule has 1 fully saturated rings. The molecular formula is C16H24O2. The molecule has 0 heterocycles. The first-order valence-corrected chi connectivity index (χ1v) is 7.09. The van der Waals surface area contributed by atoms with Crippen LogP contribution in [-0.4, -0.2) is 16.8 Å². The van der Waals surface area contributed by atoms with Gasteiger partial charge in [-0.15, -0.1) is 0 Å². The van der Waals surface area contributed by atoms with Crippen molar-refractivity contribution in [3.63, 3.8) is 0 Å². The van der Waals surface area contributed by atoms with E-state index in [2.05, 4.69) is 13.0 Å². The summed E-state index contributed by atoms with van der Waals surface area (Å²) in [6.45, 7) is 2.50. The smallest absolute Gasteiger partial charge is 0.119 e. The SMILES string of the molecule is CC1(c2cc(CCCO)ccc2O)CCCCC1. The van der Waals surface area contributed by atoms with Crippen molar-refractivity contribution in [3.05, 3.63) is 29.3 Å². The second-order valence-electron chi connectivity index (χ2n) is 5.80. The van der Waals surface area contributed by atoms with Crippen LogP contribution in [0.3, 0.4) is 0 Å². The van der Waals surface area contributed by atoms with Crippen LogP contribution in [-0.2, 0) is 11.8 Å². The van der Waals surface area contributed by atoms with Crippen LogP contribution in [0.15, 0.2) is 18.2 Å². The Morgan fingerprint density at radius 3 is 2.56 bits per heavy atom. The summed E-state index contributed by atoms with van der Waals surface area (Å²) in [5, 5.41) is 19.0. The first-order valence-electron chi connectivity index (χ1n) is 7.09. The molecule has 0 radical (unpaired) electrons. The van der Waals surface area contributed by atoms with Gasteiger partial charge in [0.15, 0.2) is 0 Å². The highest BCUT2D eigenvalue weighted by Crippen LogP contribution is 2.42. The molecule has 1 aromatic rings. The molecule has 0 saturated heterocycles. The summed E-state index contributed by atoms with van der Waals surface area (Å²) in [7, 11) is 0. The van der Waals surface area contributed by atoms with Gasteiger partial charge in [0.2, 0.25) is 0 Å². The minimum atomic E-state index is 0.136. The van der Waals surface area contributed by atoms with Gasteiger partial charge in [0, 0.05) is 12.2 Å². The average Bonchev–Trinajstić information content (AvgIpc) is 2.38. The molecule has 2 N–H and O–H groups in total. The second-order valence-corrected chi connectivity index (χ2v) is 5.80. The summed E-state index contributed by atoms with van der Waals surface area (Å²) in [6, 6.07) is 5.94. The van der Waals surface area contributed by atoms with Crippen LogP contribution in [0.4, 0.5) is 0 Å². The van der Waals surface area contributed by atoms with Crippen molar-refractivity contribution in [2.45, 2.75) is 57.3 Å². The van der Waals surface area contributed by atoms with Crippen LogP contribution in [0.1, 0.15) is 56.6 Å². The third-order valence-corrected chi connectivity index (χ3v) is 4.29. The van der Waals surface area contributed by atoms with Crippen molar-refractivity contribution in [3.8, 4) is 5.75 Å². The summed E-state index contributed by atoms with van der Waals surface area (Å²) < 4.78 is 0. The maximum Gasteiger partial charge on any atom is 0.119 e. The molecule has 0 bridgehead atoms. The maximum atomic E-state index is 10.1. The number of aryl methyl sites for hydroxylation is 1. The van der Waals surface area contributed by atoms with Gasteiger partial charge in [0.25, 0.3) is 0 Å². The normalized spacial score (nSPS) is 18.8. The molecule has 2 nitrogen and oxygen atoms in total. The number of aromatic hydroxyl groups is 1. The highest BCUT2D eigenvalue weighted by Gasteiger charge is 2.31. The van der Waals surface area contributed by atoms with Crippen molar-refractivity contribution < 1.29 is 10.2 Å². The van der Waals surface area contributed by atoms with Crippen molar-refractivity contribution in [2.24, 2.45) is 0 Å². The van der Waals surface area contributed by atoms with Crippen molar-refractivity contribution in [1.82, 2.24) is 0 Å². The number of rotatable bonds is 4. The van der Waals surface area contributed by atoms with E-state index in [1.54, 1.807) is 0 Å². The van der Waals surface area contributed by atoms with E-state index in [0.717, 1.165) is 18.4 Å². The molecule has 0 aliphatic heterocycles. The fourth-order valence-corrected chi connectivity index (χ4v) is 3.11. The van der Waals surface area contributed by atoms with Gasteiger partial charge >= 0.3 is 0 Å². The molecular weight excluding hydrogens is 224 g/mol. The van der Waals surface area contributed by atoms with Crippen molar-refractivity contribution in [2.75, 3.05) is 6.61 Å². The van der Waals surface area contributed by atoms with Gasteiger partial charge in [-0.1, -0.05) is 38.3 Å². The Balaban J connectivity index is 2.24. The molecule has 0 atom stereocenters. The highest BCUT2D eigenvalue weighted by atomic mass is 16.3. The molecule has 2 rings (SSSR count). The van der Waals surface area contributed by atoms with E-state index in [4.69, 9.17) is 5.11 Å². The minimum Gasteiger partial charge on any atom is -0.508 e. The Labute approximate surface area is 110 Å². The van der Waals surface area contributed by atoms with Crippen molar-refractivity contribution in [1.29, 1.82) is 0 Å². The first-order chi connectivity index (χ1) is 8.65. The zero-order valence-corrected chi connectivity index (χ0v) is 11.3. The zero-order chi connectivity index (χ0) is 13.0. The monoisotopic (exact) mass is 248 g/mol. The standard InChI is InChI=1S/C16H24O2/c1-16(9-3-2-4-10-16)14-12-13(6-5-11-17)7-8-15(14)18/h7-8,12,17-18H,2-6,9-11H2,1H3. The molecule has 0 amide bonds. The minimum absolute atomic E-state index is 0.136. The summed E-state index contributed by atoms with van der Waals surface area (Å²) in [6.07, 6.45) is 7.86. The number of hydrogen-bond donors (Lipinski definition) is 2. The molecule has 1 aliphatic rings. The lowest BCUT2D eigenvalue weighted by molar-refractivity contribution is 0.288. The van der Waals surface area contributed by atoms with E-state index in [1.807, 2.05) is 12.1 Å². The molecule has 0 unspecified atom stereocenters. The number of aliphatic hydroxyl groups excluding tert-OH is 1. The molecule has 1 aliphatic carbocycles. The predicted octanol–water partition coefficient (Wildman–Crippen LogP) is 3.54. The molecule has 1 saturated carbocycles. The van der Waals surface area contributed by atoms with E-state index in [-0.39, 0.29) is 12.0 Å². The van der Waals surface area contributed by atoms with Crippen LogP contribution in [0.25, 0.3) is 0 Å². The Hall–Kier alpha value is -1.02. The molecule has 18 heavy (non-hydrogen) atoms. The number of aliphatic hydroxyl groups is 1. The summed E-state index contributed by atoms with van der Waals surface area (Å²) in [4.78, 5) is 0. The topological polar surface area (TPSA) is 40.5 Å². The lowest BCUT2D eigenvalue weighted by Crippen LogP contribution is -2.25. The third-order valence-electron chi connectivity index (χ3n) is 4.29. The van der Waals surface area contributed by atoms with Crippen LogP contribution in [0.5, 0.6) is 5.75 Å². The molecule has 0 aromatic heterocycles. The Kier molecular flexibility index (Phi) is 4.28. The second kappa shape index (κ2) is 5.75. The third kappa shape index (κ3) is 2.86. The van der Waals surface area contributed by atoms with Crippen LogP contribution in [0.2, 0.25) is 0 Å². The molecule has 2 heteroatoms. The van der Waals surface area contributed by atoms with Gasteiger partial charge in [-0.2, -0.15) is 0 Å². The van der Waals surface area contributed by atoms with Crippen LogP contribution < -0.4 is 0 Å². The molecule has 100 valence electrons. The van der Waals surface area contributed by atoms with Gasteiger partial charge in [-0.25, -0.2) is 0 Å². The fourth-order valence-electron chi connectivity index (χ4n) is 3.11. The first kappa shape index (κ1) is 13.4. The number of phenols is 1. The lowest BCUT2D eigenvalue weighted by atomic mass is 9.70. The summed E-state index contributed by atoms with van der Waals surface area (Å²) in [5.41, 5.74) is 2.47.